The van der Waals surface area contributed by atoms with Gasteiger partial charge in [0, 0.05) is 0 Å². The van der Waals surface area contributed by atoms with E-state index in [4.69, 9.17) is 0 Å². The number of hydrogen-bond acceptors (Lipinski definition) is 1. The molecule has 2 rings (SSSR count). The van der Waals surface area contributed by atoms with Crippen molar-refractivity contribution in [1.82, 2.24) is 0 Å². The van der Waals surface area contributed by atoms with E-state index >= 15 is 0 Å². The predicted octanol–water partition coefficient (Wildman–Crippen LogP) is 2.48. The van der Waals surface area contributed by atoms with Crippen LogP contribution >= 0.6 is 0 Å². The Morgan fingerprint density at radius 3 is 2.46 bits per heavy atom. The molecular formula is C11H9O2. The van der Waals surface area contributed by atoms with Crippen LogP contribution in [0, 0.1) is 0 Å². The third-order valence-electron chi connectivity index (χ3n) is 2.05. The minimum atomic E-state index is -0.198. The highest BCUT2D eigenvalue weighted by Gasteiger charge is 1.96. The topological polar surface area (TPSA) is 40.1 Å². The second-order valence-corrected chi connectivity index (χ2v) is 3.01. The van der Waals surface area contributed by atoms with Crippen LogP contribution in [0.4, 0.5) is 0 Å². The second-order valence-electron chi connectivity index (χ2n) is 3.01. The van der Waals surface area contributed by atoms with E-state index in [9.17, 15) is 10.2 Å². The van der Waals surface area contributed by atoms with Crippen molar-refractivity contribution in [3.8, 4) is 5.75 Å². The van der Waals surface area contributed by atoms with E-state index in [-0.39, 0.29) is 12.4 Å². The number of rotatable bonds is 1. The van der Waals surface area contributed by atoms with E-state index < -0.39 is 0 Å². The summed E-state index contributed by atoms with van der Waals surface area (Å²) in [6.07, 6.45) is 0. The molecule has 0 aromatic heterocycles. The Kier molecular flexibility index (Phi) is 1.91. The average molecular weight is 173 g/mol. The lowest BCUT2D eigenvalue weighted by Gasteiger charge is -2.00. The van der Waals surface area contributed by atoms with Crippen molar-refractivity contribution in [3.63, 3.8) is 0 Å². The third kappa shape index (κ3) is 1.48. The first-order chi connectivity index (χ1) is 6.29. The normalized spacial score (nSPS) is 10.5. The monoisotopic (exact) mass is 173 g/mol. The molecule has 0 amide bonds. The zero-order valence-electron chi connectivity index (χ0n) is 7.03. The van der Waals surface area contributed by atoms with Gasteiger partial charge in [0.1, 0.15) is 12.4 Å². The van der Waals surface area contributed by atoms with Gasteiger partial charge in [-0.05, 0) is 34.5 Å². The number of fused-ring (bicyclic) bond motifs is 1. The lowest BCUT2D eigenvalue weighted by molar-refractivity contribution is 0.177. The molecule has 2 aromatic rings. The zero-order chi connectivity index (χ0) is 9.26. The fourth-order valence-corrected chi connectivity index (χ4v) is 1.37. The highest BCUT2D eigenvalue weighted by atomic mass is 16.3. The summed E-state index contributed by atoms with van der Waals surface area (Å²) in [4.78, 5) is 0. The number of hydrogen-bond donors (Lipinski definition) is 1. The van der Waals surface area contributed by atoms with Crippen molar-refractivity contribution in [3.05, 3.63) is 42.0 Å². The van der Waals surface area contributed by atoms with Crippen molar-refractivity contribution >= 4 is 10.8 Å². The molecule has 2 aromatic carbocycles. The van der Waals surface area contributed by atoms with Gasteiger partial charge in [-0.25, -0.2) is 5.11 Å². The van der Waals surface area contributed by atoms with Crippen molar-refractivity contribution in [2.24, 2.45) is 0 Å². The summed E-state index contributed by atoms with van der Waals surface area (Å²) in [6.45, 7) is -0.198. The molecule has 0 spiro atoms. The summed E-state index contributed by atoms with van der Waals surface area (Å²) < 4.78 is 0. The summed E-state index contributed by atoms with van der Waals surface area (Å²) in [7, 11) is 0. The molecule has 0 saturated carbocycles. The molecule has 1 radical (unpaired) electrons. The molecule has 65 valence electrons. The molecule has 0 aliphatic rings. The molecule has 0 aliphatic carbocycles. The highest BCUT2D eigenvalue weighted by molar-refractivity contribution is 5.84. The van der Waals surface area contributed by atoms with Gasteiger partial charge in [-0.2, -0.15) is 0 Å². The van der Waals surface area contributed by atoms with Crippen LogP contribution in [0.3, 0.4) is 0 Å². The maximum Gasteiger partial charge on any atom is 0.116 e. The summed E-state index contributed by atoms with van der Waals surface area (Å²) in [5.41, 5.74) is 0.776. The lowest BCUT2D eigenvalue weighted by atomic mass is 10.1. The smallest absolute Gasteiger partial charge is 0.116 e. The van der Waals surface area contributed by atoms with Crippen LogP contribution in [0.5, 0.6) is 5.75 Å². The van der Waals surface area contributed by atoms with Crippen molar-refractivity contribution in [1.29, 1.82) is 0 Å². The third-order valence-corrected chi connectivity index (χ3v) is 2.05. The number of benzene rings is 2. The predicted molar refractivity (Wildman–Crippen MR) is 50.0 cm³/mol. The van der Waals surface area contributed by atoms with E-state index in [1.165, 1.54) is 0 Å². The number of aromatic hydroxyl groups is 1. The fraction of sp³-hybridized carbons (Fsp3) is 0.0909. The standard InChI is InChI=1S/C11H9O2/c12-7-8-1-2-10-6-11(13)4-3-9(10)5-8/h1-6,13H,7H2. The SMILES string of the molecule is [O]Cc1ccc2cc(O)ccc2c1. The Bertz CT molecular complexity index is 435. The van der Waals surface area contributed by atoms with Crippen molar-refractivity contribution in [2.75, 3.05) is 0 Å². The molecule has 0 heterocycles. The van der Waals surface area contributed by atoms with Gasteiger partial charge in [-0.1, -0.05) is 18.2 Å². The Morgan fingerprint density at radius 2 is 1.69 bits per heavy atom. The Morgan fingerprint density at radius 1 is 1.00 bits per heavy atom. The Hall–Kier alpha value is -1.54. The summed E-state index contributed by atoms with van der Waals surface area (Å²) in [6, 6.07) is 10.6. The summed E-state index contributed by atoms with van der Waals surface area (Å²) in [5, 5.41) is 21.7. The van der Waals surface area contributed by atoms with Crippen LogP contribution in [0.25, 0.3) is 10.8 Å². The highest BCUT2D eigenvalue weighted by Crippen LogP contribution is 2.20. The first-order valence-corrected chi connectivity index (χ1v) is 4.09. The van der Waals surface area contributed by atoms with Gasteiger partial charge in [0.25, 0.3) is 0 Å². The molecule has 0 bridgehead atoms. The van der Waals surface area contributed by atoms with Crippen LogP contribution in [-0.2, 0) is 11.7 Å². The maximum atomic E-state index is 10.6. The molecular weight excluding hydrogens is 164 g/mol. The van der Waals surface area contributed by atoms with E-state index in [2.05, 4.69) is 0 Å². The summed E-state index contributed by atoms with van der Waals surface area (Å²) in [5.74, 6) is 0.252. The zero-order valence-corrected chi connectivity index (χ0v) is 7.03. The van der Waals surface area contributed by atoms with Crippen LogP contribution in [0.2, 0.25) is 0 Å². The van der Waals surface area contributed by atoms with Crippen LogP contribution in [0.15, 0.2) is 36.4 Å². The first kappa shape index (κ1) is 8.08. The molecule has 0 unspecified atom stereocenters. The van der Waals surface area contributed by atoms with Gasteiger partial charge in [0.15, 0.2) is 0 Å². The fourth-order valence-electron chi connectivity index (χ4n) is 1.37. The van der Waals surface area contributed by atoms with Gasteiger partial charge in [0.2, 0.25) is 0 Å². The molecule has 0 atom stereocenters. The molecule has 2 heteroatoms. The van der Waals surface area contributed by atoms with Gasteiger partial charge in [-0.15, -0.1) is 0 Å². The molecule has 0 fully saturated rings. The number of phenols is 1. The minimum absolute atomic E-state index is 0.198. The van der Waals surface area contributed by atoms with E-state index in [0.717, 1.165) is 16.3 Å². The quantitative estimate of drug-likeness (QED) is 0.707. The maximum absolute atomic E-state index is 10.6. The first-order valence-electron chi connectivity index (χ1n) is 4.09. The molecule has 0 aliphatic heterocycles. The van der Waals surface area contributed by atoms with Crippen molar-refractivity contribution in [2.45, 2.75) is 6.61 Å². The summed E-state index contributed by atoms with van der Waals surface area (Å²) >= 11 is 0. The van der Waals surface area contributed by atoms with E-state index in [0.29, 0.717) is 0 Å². The molecule has 13 heavy (non-hydrogen) atoms. The Balaban J connectivity index is 2.66. The second kappa shape index (κ2) is 3.07. The van der Waals surface area contributed by atoms with Crippen molar-refractivity contribution < 1.29 is 10.2 Å². The molecule has 2 nitrogen and oxygen atoms in total. The van der Waals surface area contributed by atoms with Gasteiger partial charge >= 0.3 is 0 Å². The number of phenolic OH excluding ortho intramolecular Hbond substituents is 1. The van der Waals surface area contributed by atoms with E-state index in [1.807, 2.05) is 18.2 Å². The van der Waals surface area contributed by atoms with Gasteiger partial charge < -0.3 is 5.11 Å². The van der Waals surface area contributed by atoms with Crippen LogP contribution in [0.1, 0.15) is 5.56 Å². The lowest BCUT2D eigenvalue weighted by Crippen LogP contribution is -1.80. The largest absolute Gasteiger partial charge is 0.508 e. The van der Waals surface area contributed by atoms with Gasteiger partial charge in [-0.3, -0.25) is 0 Å². The Labute approximate surface area is 76.1 Å². The van der Waals surface area contributed by atoms with Crippen LogP contribution in [-0.4, -0.2) is 5.11 Å². The van der Waals surface area contributed by atoms with Crippen LogP contribution < -0.4 is 0 Å². The molecule has 0 saturated heterocycles. The van der Waals surface area contributed by atoms with E-state index in [1.54, 1.807) is 18.2 Å². The average Bonchev–Trinajstić information content (AvgIpc) is 2.17. The minimum Gasteiger partial charge on any atom is -0.508 e. The molecule has 1 N–H and O–H groups in total. The van der Waals surface area contributed by atoms with Gasteiger partial charge in [0.05, 0.1) is 0 Å².